The molecule has 0 radical (unpaired) electrons. The Kier molecular flexibility index (Phi) is 6.00. The van der Waals surface area contributed by atoms with Gasteiger partial charge >= 0.3 is 7.75 Å². The maximum atomic E-state index is 11.3. The van der Waals surface area contributed by atoms with E-state index in [1.54, 1.807) is 13.8 Å². The van der Waals surface area contributed by atoms with Gasteiger partial charge in [0.1, 0.15) is 5.84 Å². The molecule has 0 saturated heterocycles. The average molecular weight is 222 g/mol. The summed E-state index contributed by atoms with van der Waals surface area (Å²) < 4.78 is 19.6. The number of hydrogen-bond acceptors (Lipinski definition) is 2. The lowest BCUT2D eigenvalue weighted by molar-refractivity contribution is 0.274. The van der Waals surface area contributed by atoms with Crippen molar-refractivity contribution >= 4 is 13.6 Å². The summed E-state index contributed by atoms with van der Waals surface area (Å²) in [5, 5.41) is 0. The van der Waals surface area contributed by atoms with Gasteiger partial charge in [0.05, 0.1) is 6.61 Å². The van der Waals surface area contributed by atoms with Crippen molar-refractivity contribution in [2.45, 2.75) is 27.7 Å². The molecule has 6 heteroatoms. The van der Waals surface area contributed by atoms with Gasteiger partial charge in [-0.15, -0.1) is 0 Å². The van der Waals surface area contributed by atoms with E-state index >= 15 is 0 Å². The van der Waals surface area contributed by atoms with E-state index in [0.717, 1.165) is 13.1 Å². The molecule has 0 aliphatic carbocycles. The van der Waals surface area contributed by atoms with Crippen molar-refractivity contribution in [2.24, 2.45) is 4.76 Å². The first-order chi connectivity index (χ1) is 6.46. The standard InChI is InChI=1S/C8H19N2O3P/c1-5-10(6-2)8(4)9-14(11,12)13-7-3/h5-7H2,1-4H3,(H,11,12). The van der Waals surface area contributed by atoms with Crippen LogP contribution in [0.4, 0.5) is 0 Å². The lowest BCUT2D eigenvalue weighted by Gasteiger charge is -2.20. The highest BCUT2D eigenvalue weighted by molar-refractivity contribution is 7.51. The van der Waals surface area contributed by atoms with Gasteiger partial charge < -0.3 is 9.79 Å². The molecule has 0 aliphatic heterocycles. The fraction of sp³-hybridized carbons (Fsp3) is 0.875. The fourth-order valence-corrected chi connectivity index (χ4v) is 2.01. The summed E-state index contributed by atoms with van der Waals surface area (Å²) in [6, 6.07) is 0. The summed E-state index contributed by atoms with van der Waals surface area (Å²) >= 11 is 0. The molecule has 0 spiro atoms. The molecular weight excluding hydrogens is 203 g/mol. The quantitative estimate of drug-likeness (QED) is 0.438. The van der Waals surface area contributed by atoms with Crippen LogP contribution in [0.1, 0.15) is 27.7 Å². The third-order valence-corrected chi connectivity index (χ3v) is 2.93. The van der Waals surface area contributed by atoms with Crippen LogP contribution < -0.4 is 0 Å². The van der Waals surface area contributed by atoms with Crippen molar-refractivity contribution < 1.29 is 14.0 Å². The summed E-state index contributed by atoms with van der Waals surface area (Å²) in [6.45, 7) is 9.00. The topological polar surface area (TPSA) is 62.1 Å². The summed E-state index contributed by atoms with van der Waals surface area (Å²) in [4.78, 5) is 11.1. The van der Waals surface area contributed by atoms with Crippen LogP contribution in [0.25, 0.3) is 0 Å². The third kappa shape index (κ3) is 4.74. The zero-order chi connectivity index (χ0) is 11.2. The van der Waals surface area contributed by atoms with Crippen LogP contribution in [0.3, 0.4) is 0 Å². The lowest BCUT2D eigenvalue weighted by atomic mass is 10.5. The second kappa shape index (κ2) is 6.17. The summed E-state index contributed by atoms with van der Waals surface area (Å²) in [5.41, 5.74) is 0. The van der Waals surface area contributed by atoms with E-state index in [2.05, 4.69) is 9.29 Å². The molecule has 5 nitrogen and oxygen atoms in total. The van der Waals surface area contributed by atoms with Gasteiger partial charge in [-0.05, 0) is 27.7 Å². The molecular formula is C8H19N2O3P. The van der Waals surface area contributed by atoms with Gasteiger partial charge in [-0.3, -0.25) is 4.52 Å². The zero-order valence-corrected chi connectivity index (χ0v) is 10.1. The van der Waals surface area contributed by atoms with E-state index in [-0.39, 0.29) is 6.61 Å². The number of amidine groups is 1. The molecule has 1 atom stereocenters. The van der Waals surface area contributed by atoms with Crippen LogP contribution in [-0.4, -0.2) is 35.3 Å². The molecule has 84 valence electrons. The minimum absolute atomic E-state index is 0.183. The van der Waals surface area contributed by atoms with Crippen LogP contribution in [0.15, 0.2) is 4.76 Å². The first-order valence-corrected chi connectivity index (χ1v) is 6.29. The van der Waals surface area contributed by atoms with Crippen molar-refractivity contribution in [3.8, 4) is 0 Å². The first kappa shape index (κ1) is 13.6. The van der Waals surface area contributed by atoms with Crippen LogP contribution in [-0.2, 0) is 9.09 Å². The molecule has 14 heavy (non-hydrogen) atoms. The second-order valence-corrected chi connectivity index (χ2v) is 4.17. The van der Waals surface area contributed by atoms with E-state index in [0.29, 0.717) is 5.84 Å². The molecule has 0 bridgehead atoms. The molecule has 0 heterocycles. The van der Waals surface area contributed by atoms with E-state index in [1.165, 1.54) is 0 Å². The lowest BCUT2D eigenvalue weighted by Crippen LogP contribution is -2.28. The Morgan fingerprint density at radius 2 is 1.93 bits per heavy atom. The number of hydrogen-bond donors (Lipinski definition) is 1. The second-order valence-electron chi connectivity index (χ2n) is 2.73. The Hall–Kier alpha value is -0.380. The van der Waals surface area contributed by atoms with Gasteiger partial charge in [0, 0.05) is 13.1 Å². The van der Waals surface area contributed by atoms with Gasteiger partial charge in [-0.1, -0.05) is 0 Å². The molecule has 0 aromatic rings. The maximum absolute atomic E-state index is 11.3. The molecule has 0 aliphatic rings. The third-order valence-electron chi connectivity index (χ3n) is 1.79. The Bertz CT molecular complexity index is 239. The van der Waals surface area contributed by atoms with Crippen LogP contribution in [0.2, 0.25) is 0 Å². The smallest absolute Gasteiger partial charge is 0.361 e. The van der Waals surface area contributed by atoms with Crippen LogP contribution in [0, 0.1) is 0 Å². The van der Waals surface area contributed by atoms with Gasteiger partial charge in [-0.2, -0.15) is 4.76 Å². The maximum Gasteiger partial charge on any atom is 0.452 e. The molecule has 0 aromatic heterocycles. The zero-order valence-electron chi connectivity index (χ0n) is 9.23. The van der Waals surface area contributed by atoms with Gasteiger partial charge in [0.2, 0.25) is 0 Å². The van der Waals surface area contributed by atoms with Crippen LogP contribution >= 0.6 is 7.75 Å². The van der Waals surface area contributed by atoms with Crippen molar-refractivity contribution in [2.75, 3.05) is 19.7 Å². The monoisotopic (exact) mass is 222 g/mol. The Morgan fingerprint density at radius 3 is 2.29 bits per heavy atom. The summed E-state index contributed by atoms with van der Waals surface area (Å²) in [5.74, 6) is 0.536. The SMILES string of the molecule is CCOP(=O)(O)N=C(C)N(CC)CC. The predicted octanol–water partition coefficient (Wildman–Crippen LogP) is 1.88. The molecule has 0 aromatic carbocycles. The molecule has 0 rings (SSSR count). The molecule has 0 fully saturated rings. The van der Waals surface area contributed by atoms with Gasteiger partial charge in [0.25, 0.3) is 0 Å². The fourth-order valence-electron chi connectivity index (χ4n) is 1.12. The Labute approximate surface area is 85.4 Å². The van der Waals surface area contributed by atoms with Crippen molar-refractivity contribution in [3.63, 3.8) is 0 Å². The first-order valence-electron chi connectivity index (χ1n) is 4.75. The number of rotatable bonds is 5. The van der Waals surface area contributed by atoms with E-state index in [1.807, 2.05) is 18.7 Å². The van der Waals surface area contributed by atoms with Crippen LogP contribution in [0.5, 0.6) is 0 Å². The van der Waals surface area contributed by atoms with E-state index < -0.39 is 7.75 Å². The van der Waals surface area contributed by atoms with Gasteiger partial charge in [0.15, 0.2) is 0 Å². The van der Waals surface area contributed by atoms with Gasteiger partial charge in [-0.25, -0.2) is 4.57 Å². The normalized spacial score (nSPS) is 16.5. The van der Waals surface area contributed by atoms with Crippen molar-refractivity contribution in [1.82, 2.24) is 4.90 Å². The Morgan fingerprint density at radius 1 is 1.43 bits per heavy atom. The minimum Gasteiger partial charge on any atom is -0.361 e. The highest BCUT2D eigenvalue weighted by Gasteiger charge is 2.18. The largest absolute Gasteiger partial charge is 0.452 e. The van der Waals surface area contributed by atoms with E-state index in [4.69, 9.17) is 0 Å². The molecule has 1 N–H and O–H groups in total. The minimum atomic E-state index is -3.78. The highest BCUT2D eigenvalue weighted by atomic mass is 31.2. The Balaban J connectivity index is 4.55. The predicted molar refractivity (Wildman–Crippen MR) is 57.5 cm³/mol. The summed E-state index contributed by atoms with van der Waals surface area (Å²) in [7, 11) is -3.78. The van der Waals surface area contributed by atoms with Crippen molar-refractivity contribution in [3.05, 3.63) is 0 Å². The summed E-state index contributed by atoms with van der Waals surface area (Å²) in [6.07, 6.45) is 0. The molecule has 0 saturated carbocycles. The molecule has 1 unspecified atom stereocenters. The number of nitrogens with zero attached hydrogens (tertiary/aromatic N) is 2. The average Bonchev–Trinajstić information content (AvgIpc) is 2.04. The van der Waals surface area contributed by atoms with Crippen molar-refractivity contribution in [1.29, 1.82) is 0 Å². The highest BCUT2D eigenvalue weighted by Crippen LogP contribution is 2.43. The van der Waals surface area contributed by atoms with E-state index in [9.17, 15) is 9.46 Å². The molecule has 0 amide bonds.